The van der Waals surface area contributed by atoms with Gasteiger partial charge < -0.3 is 10.1 Å². The molecule has 0 aliphatic rings. The molecular formula is C13H12ClF2N3O. The Hall–Kier alpha value is -1.95. The number of hydrogen-bond donors (Lipinski definition) is 1. The number of rotatable bonds is 5. The lowest BCUT2D eigenvalue weighted by Gasteiger charge is -2.09. The van der Waals surface area contributed by atoms with E-state index in [1.165, 1.54) is 6.07 Å². The first-order valence-corrected chi connectivity index (χ1v) is 6.37. The number of anilines is 1. The summed E-state index contributed by atoms with van der Waals surface area (Å²) in [6.45, 7) is 2.63. The van der Waals surface area contributed by atoms with Crippen LogP contribution in [0.3, 0.4) is 0 Å². The van der Waals surface area contributed by atoms with Gasteiger partial charge in [-0.2, -0.15) is 9.37 Å². The van der Waals surface area contributed by atoms with Crippen LogP contribution in [0.25, 0.3) is 0 Å². The van der Waals surface area contributed by atoms with E-state index in [-0.39, 0.29) is 22.6 Å². The average molecular weight is 300 g/mol. The Balaban J connectivity index is 2.23. The van der Waals surface area contributed by atoms with Gasteiger partial charge in [0.05, 0.1) is 11.2 Å². The minimum absolute atomic E-state index is 0.0334. The van der Waals surface area contributed by atoms with Gasteiger partial charge in [0.15, 0.2) is 0 Å². The smallest absolute Gasteiger partial charge is 0.260 e. The number of aromatic nitrogens is 2. The van der Waals surface area contributed by atoms with E-state index in [9.17, 15) is 8.78 Å². The zero-order chi connectivity index (χ0) is 14.5. The summed E-state index contributed by atoms with van der Waals surface area (Å²) in [5.41, 5.74) is 0. The maximum absolute atomic E-state index is 13.6. The predicted molar refractivity (Wildman–Crippen MR) is 72.3 cm³/mol. The molecule has 1 aromatic carbocycles. The van der Waals surface area contributed by atoms with E-state index >= 15 is 0 Å². The highest BCUT2D eigenvalue weighted by Gasteiger charge is 2.12. The van der Waals surface area contributed by atoms with Gasteiger partial charge in [0.1, 0.15) is 11.6 Å². The van der Waals surface area contributed by atoms with Gasteiger partial charge in [-0.25, -0.2) is 9.37 Å². The van der Waals surface area contributed by atoms with Gasteiger partial charge in [0, 0.05) is 6.54 Å². The zero-order valence-corrected chi connectivity index (χ0v) is 11.4. The van der Waals surface area contributed by atoms with Crippen LogP contribution in [0, 0.1) is 11.6 Å². The normalized spacial score (nSPS) is 10.4. The Labute approximate surface area is 119 Å². The Bertz CT molecular complexity index is 610. The van der Waals surface area contributed by atoms with E-state index in [0.717, 1.165) is 24.8 Å². The first kappa shape index (κ1) is 14.5. The monoisotopic (exact) mass is 299 g/mol. The Morgan fingerprint density at radius 3 is 2.85 bits per heavy atom. The summed E-state index contributed by atoms with van der Waals surface area (Å²) in [5, 5.41) is 2.94. The number of nitrogens with zero attached hydrogens (tertiary/aromatic N) is 2. The third-order valence-corrected chi connectivity index (χ3v) is 2.64. The molecule has 0 aliphatic carbocycles. The molecule has 0 atom stereocenters. The summed E-state index contributed by atoms with van der Waals surface area (Å²) in [5.74, 6) is -1.14. The summed E-state index contributed by atoms with van der Waals surface area (Å²) < 4.78 is 31.8. The van der Waals surface area contributed by atoms with Gasteiger partial charge in [-0.05, 0) is 24.6 Å². The first-order valence-electron chi connectivity index (χ1n) is 5.99. The van der Waals surface area contributed by atoms with Gasteiger partial charge in [0.25, 0.3) is 5.88 Å². The molecule has 1 aromatic heterocycles. The van der Waals surface area contributed by atoms with Gasteiger partial charge in [-0.15, -0.1) is 0 Å². The lowest BCUT2D eigenvalue weighted by molar-refractivity contribution is 0.420. The fourth-order valence-corrected chi connectivity index (χ4v) is 1.61. The molecular weight excluding hydrogens is 288 g/mol. The van der Waals surface area contributed by atoms with E-state index in [1.807, 2.05) is 6.92 Å². The molecule has 0 saturated heterocycles. The van der Waals surface area contributed by atoms with Crippen molar-refractivity contribution in [3.05, 3.63) is 41.1 Å². The van der Waals surface area contributed by atoms with Crippen molar-refractivity contribution in [1.29, 1.82) is 0 Å². The third kappa shape index (κ3) is 3.54. The molecule has 0 spiro atoms. The molecule has 20 heavy (non-hydrogen) atoms. The van der Waals surface area contributed by atoms with Gasteiger partial charge in [0.2, 0.25) is 11.8 Å². The van der Waals surface area contributed by atoms with E-state index in [1.54, 1.807) is 0 Å². The molecule has 1 N–H and O–H groups in total. The van der Waals surface area contributed by atoms with Crippen molar-refractivity contribution >= 4 is 17.5 Å². The molecule has 0 fully saturated rings. The van der Waals surface area contributed by atoms with Crippen LogP contribution in [0.4, 0.5) is 14.7 Å². The molecule has 2 rings (SSSR count). The summed E-state index contributed by atoms with van der Waals surface area (Å²) in [6.07, 6.45) is 1.87. The van der Waals surface area contributed by atoms with Crippen LogP contribution < -0.4 is 10.1 Å². The summed E-state index contributed by atoms with van der Waals surface area (Å²) in [7, 11) is 0. The van der Waals surface area contributed by atoms with Crippen molar-refractivity contribution in [3.63, 3.8) is 0 Å². The van der Waals surface area contributed by atoms with Crippen molar-refractivity contribution in [1.82, 2.24) is 9.97 Å². The number of ether oxygens (including phenoxy) is 1. The fraction of sp³-hybridized carbons (Fsp3) is 0.231. The van der Waals surface area contributed by atoms with Crippen LogP contribution >= 0.6 is 11.6 Å². The molecule has 2 aromatic rings. The molecule has 7 heteroatoms. The summed E-state index contributed by atoms with van der Waals surface area (Å²) in [6, 6.07) is 3.54. The lowest BCUT2D eigenvalue weighted by Crippen LogP contribution is -2.05. The van der Waals surface area contributed by atoms with Crippen LogP contribution in [0.1, 0.15) is 13.3 Å². The SMILES string of the molecule is CCCNc1ncc(F)c(Oc2ccc(F)cc2Cl)n1. The van der Waals surface area contributed by atoms with Crippen LogP contribution in [0.5, 0.6) is 11.6 Å². The van der Waals surface area contributed by atoms with Gasteiger partial charge in [-0.1, -0.05) is 18.5 Å². The predicted octanol–water partition coefficient (Wildman–Crippen LogP) is 4.02. The van der Waals surface area contributed by atoms with E-state index in [2.05, 4.69) is 15.3 Å². The molecule has 0 unspecified atom stereocenters. The zero-order valence-electron chi connectivity index (χ0n) is 10.7. The van der Waals surface area contributed by atoms with Crippen molar-refractivity contribution in [2.75, 3.05) is 11.9 Å². The van der Waals surface area contributed by atoms with Crippen LogP contribution in [0.15, 0.2) is 24.4 Å². The Kier molecular flexibility index (Phi) is 4.68. The van der Waals surface area contributed by atoms with Crippen molar-refractivity contribution in [2.24, 2.45) is 0 Å². The highest BCUT2D eigenvalue weighted by atomic mass is 35.5. The molecule has 0 radical (unpaired) electrons. The van der Waals surface area contributed by atoms with E-state index < -0.39 is 11.6 Å². The van der Waals surface area contributed by atoms with Crippen LogP contribution in [0.2, 0.25) is 5.02 Å². The minimum Gasteiger partial charge on any atom is -0.435 e. The molecule has 0 amide bonds. The van der Waals surface area contributed by atoms with Crippen molar-refractivity contribution in [2.45, 2.75) is 13.3 Å². The lowest BCUT2D eigenvalue weighted by atomic mass is 10.3. The molecule has 0 aliphatic heterocycles. The van der Waals surface area contributed by atoms with Gasteiger partial charge in [-0.3, -0.25) is 0 Å². The molecule has 0 bridgehead atoms. The van der Waals surface area contributed by atoms with Crippen molar-refractivity contribution in [3.8, 4) is 11.6 Å². The molecule has 106 valence electrons. The second-order valence-corrected chi connectivity index (χ2v) is 4.36. The van der Waals surface area contributed by atoms with Gasteiger partial charge >= 0.3 is 0 Å². The standard InChI is InChI=1S/C13H12ClF2N3O/c1-2-5-17-13-18-7-10(16)12(19-13)20-11-4-3-8(15)6-9(11)14/h3-4,6-7H,2,5H2,1H3,(H,17,18,19). The molecule has 4 nitrogen and oxygen atoms in total. The van der Waals surface area contributed by atoms with Crippen molar-refractivity contribution < 1.29 is 13.5 Å². The van der Waals surface area contributed by atoms with E-state index in [0.29, 0.717) is 6.54 Å². The second-order valence-electron chi connectivity index (χ2n) is 3.95. The largest absolute Gasteiger partial charge is 0.435 e. The molecule has 0 saturated carbocycles. The number of halogens is 3. The second kappa shape index (κ2) is 6.47. The number of hydrogen-bond acceptors (Lipinski definition) is 4. The van der Waals surface area contributed by atoms with Crippen LogP contribution in [-0.4, -0.2) is 16.5 Å². The minimum atomic E-state index is -0.729. The Morgan fingerprint density at radius 1 is 1.35 bits per heavy atom. The molecule has 1 heterocycles. The topological polar surface area (TPSA) is 47.0 Å². The van der Waals surface area contributed by atoms with E-state index in [4.69, 9.17) is 16.3 Å². The first-order chi connectivity index (χ1) is 9.60. The Morgan fingerprint density at radius 2 is 2.15 bits per heavy atom. The highest BCUT2D eigenvalue weighted by Crippen LogP contribution is 2.30. The average Bonchev–Trinajstić information content (AvgIpc) is 2.42. The highest BCUT2D eigenvalue weighted by molar-refractivity contribution is 6.32. The summed E-state index contributed by atoms with van der Waals surface area (Å²) in [4.78, 5) is 7.68. The quantitative estimate of drug-likeness (QED) is 0.905. The number of nitrogens with one attached hydrogen (secondary N) is 1. The maximum atomic E-state index is 13.6. The maximum Gasteiger partial charge on any atom is 0.260 e. The number of benzene rings is 1. The van der Waals surface area contributed by atoms with Crippen LogP contribution in [-0.2, 0) is 0 Å². The fourth-order valence-electron chi connectivity index (χ4n) is 1.41. The third-order valence-electron chi connectivity index (χ3n) is 2.35. The summed E-state index contributed by atoms with van der Waals surface area (Å²) >= 11 is 5.81.